The molecule has 2 aromatic carbocycles. The van der Waals surface area contributed by atoms with Gasteiger partial charge in [-0.15, -0.1) is 6.58 Å². The lowest BCUT2D eigenvalue weighted by Crippen LogP contribution is -2.38. The second-order valence-corrected chi connectivity index (χ2v) is 10.4. The highest BCUT2D eigenvalue weighted by molar-refractivity contribution is 7.89. The molecule has 0 fully saturated rings. The zero-order valence-electron chi connectivity index (χ0n) is 18.9. The lowest BCUT2D eigenvalue weighted by Gasteiger charge is -2.32. The molecule has 5 nitrogen and oxygen atoms in total. The molecule has 0 aliphatic rings. The number of rotatable bonds is 8. The average molecular weight is 442 g/mol. The van der Waals surface area contributed by atoms with E-state index in [4.69, 9.17) is 4.74 Å². The predicted molar refractivity (Wildman–Crippen MR) is 124 cm³/mol. The molecule has 1 atom stereocenters. The quantitative estimate of drug-likeness (QED) is 0.324. The summed E-state index contributed by atoms with van der Waals surface area (Å²) in [6, 6.07) is 13.0. The average Bonchev–Trinajstić information content (AvgIpc) is 2.67. The molecule has 0 heterocycles. The van der Waals surface area contributed by atoms with Crippen molar-refractivity contribution in [3.63, 3.8) is 0 Å². The number of aryl methyl sites for hydroxylation is 2. The van der Waals surface area contributed by atoms with Gasteiger partial charge in [0.2, 0.25) is 10.0 Å². The van der Waals surface area contributed by atoms with Crippen LogP contribution in [-0.2, 0) is 19.6 Å². The third-order valence-corrected chi connectivity index (χ3v) is 6.45. The minimum Gasteiger partial charge on any atom is -0.457 e. The predicted octanol–water partition coefficient (Wildman–Crippen LogP) is 5.12. The number of esters is 1. The van der Waals surface area contributed by atoms with Gasteiger partial charge >= 0.3 is 5.97 Å². The first-order valence-electron chi connectivity index (χ1n) is 10.0. The number of carbonyl (C=O) groups excluding carboxylic acids is 1. The molecule has 6 heteroatoms. The third-order valence-electron chi connectivity index (χ3n) is 4.61. The van der Waals surface area contributed by atoms with Crippen molar-refractivity contribution < 1.29 is 17.9 Å². The Labute approximate surface area is 186 Å². The van der Waals surface area contributed by atoms with Gasteiger partial charge in [0.1, 0.15) is 5.60 Å². The summed E-state index contributed by atoms with van der Waals surface area (Å²) in [7, 11) is -3.97. The van der Waals surface area contributed by atoms with Gasteiger partial charge in [0.05, 0.1) is 16.5 Å². The van der Waals surface area contributed by atoms with Crippen molar-refractivity contribution in [3.8, 4) is 0 Å². The zero-order valence-corrected chi connectivity index (χ0v) is 19.7. The molecular weight excluding hydrogens is 410 g/mol. The topological polar surface area (TPSA) is 63.7 Å². The second-order valence-electron chi connectivity index (χ2n) is 8.52. The van der Waals surface area contributed by atoms with E-state index in [2.05, 4.69) is 13.2 Å². The first kappa shape index (κ1) is 24.6. The van der Waals surface area contributed by atoms with Gasteiger partial charge in [-0.05, 0) is 52.3 Å². The summed E-state index contributed by atoms with van der Waals surface area (Å²) in [6.07, 6.45) is 1.50. The van der Waals surface area contributed by atoms with E-state index in [0.29, 0.717) is 5.56 Å². The van der Waals surface area contributed by atoms with Gasteiger partial charge in [-0.1, -0.05) is 60.2 Å². The minimum absolute atomic E-state index is 0.00340. The normalized spacial score (nSPS) is 13.0. The standard InChI is InChI=1S/C25H31NO4S/c1-8-17-26(31(28,29)22-15-11-19(3)12-16-22)23(21-13-9-18(2)10-14-21)20(4)24(27)30-25(5,6)7/h8-16,23H,1,4,17H2,2-3,5-7H3/t23-/m1/s1. The molecule has 0 amide bonds. The number of nitrogens with zero attached hydrogens (tertiary/aromatic N) is 1. The van der Waals surface area contributed by atoms with Crippen LogP contribution in [0, 0.1) is 13.8 Å². The van der Waals surface area contributed by atoms with Crippen molar-refractivity contribution in [2.75, 3.05) is 6.54 Å². The van der Waals surface area contributed by atoms with Crippen LogP contribution in [0.2, 0.25) is 0 Å². The molecule has 0 spiro atoms. The molecule has 166 valence electrons. The Morgan fingerprint density at radius 1 is 1.03 bits per heavy atom. The number of sulfonamides is 1. The monoisotopic (exact) mass is 441 g/mol. The summed E-state index contributed by atoms with van der Waals surface area (Å²) in [5.74, 6) is -0.647. The Balaban J connectivity index is 2.63. The summed E-state index contributed by atoms with van der Waals surface area (Å²) in [5, 5.41) is 0. The van der Waals surface area contributed by atoms with Gasteiger partial charge in [0.25, 0.3) is 0 Å². The van der Waals surface area contributed by atoms with Crippen LogP contribution in [0.4, 0.5) is 0 Å². The van der Waals surface area contributed by atoms with E-state index in [9.17, 15) is 13.2 Å². The Hall–Kier alpha value is -2.70. The number of ether oxygens (including phenoxy) is 1. The summed E-state index contributed by atoms with van der Waals surface area (Å²) >= 11 is 0. The zero-order chi connectivity index (χ0) is 23.4. The number of hydrogen-bond donors (Lipinski definition) is 0. The van der Waals surface area contributed by atoms with Gasteiger partial charge in [-0.25, -0.2) is 13.2 Å². The summed E-state index contributed by atoms with van der Waals surface area (Å²) < 4.78 is 34.0. The van der Waals surface area contributed by atoms with E-state index in [1.54, 1.807) is 57.2 Å². The highest BCUT2D eigenvalue weighted by Crippen LogP contribution is 2.34. The van der Waals surface area contributed by atoms with E-state index in [1.165, 1.54) is 10.4 Å². The van der Waals surface area contributed by atoms with Crippen molar-refractivity contribution in [2.24, 2.45) is 0 Å². The van der Waals surface area contributed by atoms with E-state index in [1.807, 2.05) is 26.0 Å². The Morgan fingerprint density at radius 2 is 1.52 bits per heavy atom. The van der Waals surface area contributed by atoms with Crippen molar-refractivity contribution in [3.05, 3.63) is 90.0 Å². The Bertz CT molecular complexity index is 1050. The number of benzene rings is 2. The summed E-state index contributed by atoms with van der Waals surface area (Å²) in [5.41, 5.74) is 1.89. The van der Waals surface area contributed by atoms with E-state index in [-0.39, 0.29) is 17.0 Å². The molecule has 2 aromatic rings. The maximum atomic E-state index is 13.6. The van der Waals surface area contributed by atoms with Crippen molar-refractivity contribution >= 4 is 16.0 Å². The van der Waals surface area contributed by atoms with Crippen molar-refractivity contribution in [2.45, 2.75) is 51.2 Å². The molecule has 0 bridgehead atoms. The third kappa shape index (κ3) is 6.15. The molecule has 2 rings (SSSR count). The van der Waals surface area contributed by atoms with Crippen LogP contribution < -0.4 is 0 Å². The molecule has 0 unspecified atom stereocenters. The van der Waals surface area contributed by atoms with Crippen LogP contribution in [0.1, 0.15) is 43.5 Å². The number of carbonyl (C=O) groups is 1. The highest BCUT2D eigenvalue weighted by Gasteiger charge is 2.37. The Morgan fingerprint density at radius 3 is 1.97 bits per heavy atom. The van der Waals surface area contributed by atoms with Gasteiger partial charge < -0.3 is 4.74 Å². The second kappa shape index (κ2) is 9.62. The molecule has 0 aromatic heterocycles. The van der Waals surface area contributed by atoms with E-state index >= 15 is 0 Å². The smallest absolute Gasteiger partial charge is 0.335 e. The summed E-state index contributed by atoms with van der Waals surface area (Å²) in [6.45, 7) is 16.8. The molecule has 0 N–H and O–H groups in total. The fourth-order valence-electron chi connectivity index (χ4n) is 3.06. The van der Waals surface area contributed by atoms with Crippen LogP contribution in [0.15, 0.2) is 78.2 Å². The highest BCUT2D eigenvalue weighted by atomic mass is 32.2. The van der Waals surface area contributed by atoms with Crippen LogP contribution in [-0.4, -0.2) is 30.8 Å². The fourth-order valence-corrected chi connectivity index (χ4v) is 4.64. The van der Waals surface area contributed by atoms with Crippen LogP contribution >= 0.6 is 0 Å². The molecule has 0 aliphatic heterocycles. The van der Waals surface area contributed by atoms with Crippen molar-refractivity contribution in [1.82, 2.24) is 4.31 Å². The van der Waals surface area contributed by atoms with Crippen LogP contribution in [0.25, 0.3) is 0 Å². The lowest BCUT2D eigenvalue weighted by atomic mass is 9.98. The molecular formula is C25H31NO4S. The number of hydrogen-bond acceptors (Lipinski definition) is 4. The van der Waals surface area contributed by atoms with E-state index < -0.39 is 27.6 Å². The molecule has 0 aliphatic carbocycles. The molecule has 0 saturated heterocycles. The van der Waals surface area contributed by atoms with Gasteiger partial charge in [0, 0.05) is 6.54 Å². The molecule has 0 radical (unpaired) electrons. The van der Waals surface area contributed by atoms with Gasteiger partial charge in [-0.3, -0.25) is 0 Å². The largest absolute Gasteiger partial charge is 0.457 e. The van der Waals surface area contributed by atoms with Crippen LogP contribution in [0.3, 0.4) is 0 Å². The van der Waals surface area contributed by atoms with E-state index in [0.717, 1.165) is 11.1 Å². The lowest BCUT2D eigenvalue weighted by molar-refractivity contribution is -0.150. The van der Waals surface area contributed by atoms with Crippen LogP contribution in [0.5, 0.6) is 0 Å². The van der Waals surface area contributed by atoms with Crippen molar-refractivity contribution in [1.29, 1.82) is 0 Å². The molecule has 0 saturated carbocycles. The summed E-state index contributed by atoms with van der Waals surface area (Å²) in [4.78, 5) is 13.0. The van der Waals surface area contributed by atoms with Gasteiger partial charge in [-0.2, -0.15) is 4.31 Å². The van der Waals surface area contributed by atoms with Gasteiger partial charge in [0.15, 0.2) is 0 Å². The molecule has 31 heavy (non-hydrogen) atoms. The first-order chi connectivity index (χ1) is 14.4. The maximum absolute atomic E-state index is 13.6. The SMILES string of the molecule is C=CCN([C@H](C(=C)C(=O)OC(C)(C)C)c1ccc(C)cc1)S(=O)(=O)c1ccc(C)cc1. The Kier molecular flexibility index (Phi) is 7.63. The minimum atomic E-state index is -3.97. The first-order valence-corrected chi connectivity index (χ1v) is 11.5. The maximum Gasteiger partial charge on any atom is 0.335 e. The fraction of sp³-hybridized carbons (Fsp3) is 0.320.